The zero-order valence-electron chi connectivity index (χ0n) is 19.7. The molecular formula is C11H14Li4N5O13P3. The minimum absolute atomic E-state index is 0. The van der Waals surface area contributed by atoms with E-state index in [1.54, 1.807) is 7.05 Å². The second-order valence-electron chi connectivity index (χ2n) is 6.14. The Labute approximate surface area is 251 Å². The number of rotatable bonds is 9. The first-order chi connectivity index (χ1) is 14.7. The zero-order valence-corrected chi connectivity index (χ0v) is 22.4. The second kappa shape index (κ2) is 15.1. The van der Waals surface area contributed by atoms with Gasteiger partial charge in [0, 0.05) is 7.05 Å². The van der Waals surface area contributed by atoms with Crippen LogP contribution in [0.2, 0.25) is 0 Å². The Balaban J connectivity index is 0. The first-order valence-corrected chi connectivity index (χ1v) is 12.7. The van der Waals surface area contributed by atoms with Crippen molar-refractivity contribution in [2.24, 2.45) is 0 Å². The number of aromatic nitrogens is 4. The number of aliphatic hydroxyl groups excluding tert-OH is 2. The summed E-state index contributed by atoms with van der Waals surface area (Å²) in [5, 5.41) is 23.2. The van der Waals surface area contributed by atoms with Crippen molar-refractivity contribution in [3.63, 3.8) is 0 Å². The molecule has 0 aromatic carbocycles. The van der Waals surface area contributed by atoms with Crippen LogP contribution >= 0.6 is 23.5 Å². The largest absolute Gasteiger partial charge is 1.00 e. The molecule has 0 radical (unpaired) electrons. The van der Waals surface area contributed by atoms with Gasteiger partial charge in [-0.3, -0.25) is 18.0 Å². The molecule has 6 atom stereocenters. The number of anilines is 1. The average Bonchev–Trinajstić information content (AvgIpc) is 3.19. The van der Waals surface area contributed by atoms with Crippen molar-refractivity contribution < 1.29 is 137 Å². The van der Waals surface area contributed by atoms with Gasteiger partial charge < -0.3 is 48.9 Å². The molecule has 2 aromatic rings. The van der Waals surface area contributed by atoms with Crippen molar-refractivity contribution in [2.75, 3.05) is 19.0 Å². The minimum Gasteiger partial charge on any atom is -0.790 e. The molecule has 18 nitrogen and oxygen atoms in total. The molecule has 3 rings (SSSR count). The molecule has 2 aromatic heterocycles. The third-order valence-electron chi connectivity index (χ3n) is 4.00. The van der Waals surface area contributed by atoms with Gasteiger partial charge in [-0.05, 0) is 0 Å². The van der Waals surface area contributed by atoms with Gasteiger partial charge in [-0.1, -0.05) is 0 Å². The summed E-state index contributed by atoms with van der Waals surface area (Å²) in [6, 6.07) is 0. The van der Waals surface area contributed by atoms with Crippen LogP contribution in [0.4, 0.5) is 5.82 Å². The number of phosphoric ester groups is 1. The van der Waals surface area contributed by atoms with Gasteiger partial charge in [0.2, 0.25) is 0 Å². The molecule has 1 aliphatic rings. The Morgan fingerprint density at radius 1 is 1.00 bits per heavy atom. The maximum Gasteiger partial charge on any atom is 1.00 e. The third kappa shape index (κ3) is 9.89. The van der Waals surface area contributed by atoms with E-state index in [1.807, 2.05) is 0 Å². The van der Waals surface area contributed by atoms with Crippen molar-refractivity contribution in [1.82, 2.24) is 19.5 Å². The van der Waals surface area contributed by atoms with Crippen LogP contribution in [0, 0.1) is 0 Å². The molecule has 180 valence electrons. The number of fused-ring (bicyclic) bond motifs is 1. The summed E-state index contributed by atoms with van der Waals surface area (Å²) in [4.78, 5) is 55.5. The molecular weight excluding hydrogens is 531 g/mol. The molecule has 0 bridgehead atoms. The maximum atomic E-state index is 11.6. The predicted octanol–water partition coefficient (Wildman–Crippen LogP) is -15.7. The van der Waals surface area contributed by atoms with E-state index >= 15 is 0 Å². The van der Waals surface area contributed by atoms with E-state index in [9.17, 15) is 43.5 Å². The van der Waals surface area contributed by atoms with Crippen LogP contribution < -0.4 is 100 Å². The summed E-state index contributed by atoms with van der Waals surface area (Å²) < 4.78 is 50.5. The number of imidazole rings is 1. The van der Waals surface area contributed by atoms with Gasteiger partial charge in [-0.2, -0.15) is 0 Å². The molecule has 36 heavy (non-hydrogen) atoms. The standard InChI is InChI=1S/C11H18N5O13P3.4Li/c1-12-9-6-10(14-3-13-9)16(4-15-6)11-8(18)7(17)5(27-11)2-26-31(22,23)29-32(24,25)28-30(19,20)21;;;;/h3-5,7-8,11,17-18H,2H2,1H3,(H,22,23)(H,24,25)(H,12,13,14)(H2,19,20,21);;;;/q;4*+1/p-4. The number of aliphatic hydroxyl groups is 2. The molecule has 6 unspecified atom stereocenters. The van der Waals surface area contributed by atoms with Crippen LogP contribution in [-0.4, -0.2) is 61.7 Å². The van der Waals surface area contributed by atoms with Gasteiger partial charge in [-0.25, -0.2) is 19.3 Å². The van der Waals surface area contributed by atoms with Gasteiger partial charge in [0.15, 0.2) is 17.7 Å². The van der Waals surface area contributed by atoms with Gasteiger partial charge in [-0.15, -0.1) is 0 Å². The van der Waals surface area contributed by atoms with E-state index in [-0.39, 0.29) is 81.1 Å². The van der Waals surface area contributed by atoms with E-state index in [1.165, 1.54) is 17.2 Å². The van der Waals surface area contributed by atoms with Crippen LogP contribution in [-0.2, 0) is 31.6 Å². The van der Waals surface area contributed by atoms with Crippen LogP contribution in [0.1, 0.15) is 6.23 Å². The van der Waals surface area contributed by atoms with E-state index in [0.29, 0.717) is 11.3 Å². The van der Waals surface area contributed by atoms with Gasteiger partial charge in [0.25, 0.3) is 15.6 Å². The quantitative estimate of drug-likeness (QED) is 0.195. The number of nitrogens with one attached hydrogen (secondary N) is 1. The Kier molecular flexibility index (Phi) is 16.5. The van der Waals surface area contributed by atoms with Crippen LogP contribution in [0.5, 0.6) is 0 Å². The maximum absolute atomic E-state index is 11.6. The van der Waals surface area contributed by atoms with Crippen LogP contribution in [0.25, 0.3) is 11.2 Å². The Morgan fingerprint density at radius 2 is 1.61 bits per heavy atom. The Bertz CT molecular complexity index is 1140. The Morgan fingerprint density at radius 3 is 2.17 bits per heavy atom. The third-order valence-corrected chi connectivity index (χ3v) is 7.67. The molecule has 0 aliphatic carbocycles. The summed E-state index contributed by atoms with van der Waals surface area (Å²) in [6.07, 6.45) is -3.76. The van der Waals surface area contributed by atoms with E-state index in [2.05, 4.69) is 33.4 Å². The molecule has 3 heterocycles. The molecule has 3 N–H and O–H groups in total. The number of hydrogen-bond acceptors (Lipinski definition) is 17. The normalized spacial score (nSPS) is 24.8. The van der Waals surface area contributed by atoms with Gasteiger partial charge in [0.1, 0.15) is 30.2 Å². The molecule has 1 fully saturated rings. The smallest absolute Gasteiger partial charge is 0.790 e. The van der Waals surface area contributed by atoms with Crippen molar-refractivity contribution in [2.45, 2.75) is 24.5 Å². The predicted molar refractivity (Wildman–Crippen MR) is 91.7 cm³/mol. The first kappa shape index (κ1) is 39.2. The molecule has 1 aliphatic heterocycles. The molecule has 0 spiro atoms. The fraction of sp³-hybridized carbons (Fsp3) is 0.545. The Hall–Kier alpha value is 1.03. The van der Waals surface area contributed by atoms with Crippen molar-refractivity contribution >= 4 is 40.4 Å². The topological polar surface area (TPSA) is 276 Å². The average molecular weight is 545 g/mol. The van der Waals surface area contributed by atoms with Gasteiger partial charge >= 0.3 is 75.4 Å². The summed E-state index contributed by atoms with van der Waals surface area (Å²) >= 11 is 0. The zero-order chi connectivity index (χ0) is 23.9. The fourth-order valence-electron chi connectivity index (χ4n) is 2.77. The van der Waals surface area contributed by atoms with E-state index in [0.717, 1.165) is 0 Å². The van der Waals surface area contributed by atoms with E-state index in [4.69, 9.17) is 4.74 Å². The first-order valence-electron chi connectivity index (χ1n) is 8.31. The van der Waals surface area contributed by atoms with Gasteiger partial charge in [0.05, 0.1) is 20.8 Å². The molecule has 0 amide bonds. The van der Waals surface area contributed by atoms with Crippen molar-refractivity contribution in [3.8, 4) is 0 Å². The number of nitrogens with zero attached hydrogens (tertiary/aromatic N) is 4. The number of phosphoric acid groups is 3. The summed E-state index contributed by atoms with van der Waals surface area (Å²) in [5.74, 6) is 0.357. The minimum atomic E-state index is -6.14. The van der Waals surface area contributed by atoms with Crippen molar-refractivity contribution in [1.29, 1.82) is 0 Å². The van der Waals surface area contributed by atoms with E-state index < -0.39 is 54.6 Å². The monoisotopic (exact) mass is 545 g/mol. The number of ether oxygens (including phenoxy) is 1. The molecule has 25 heteroatoms. The fourth-order valence-corrected chi connectivity index (χ4v) is 5.63. The van der Waals surface area contributed by atoms with Crippen LogP contribution in [0.3, 0.4) is 0 Å². The molecule has 0 saturated carbocycles. The summed E-state index contributed by atoms with van der Waals surface area (Å²) in [7, 11) is -16.5. The second-order valence-corrected chi connectivity index (χ2v) is 10.4. The molecule has 1 saturated heterocycles. The van der Waals surface area contributed by atoms with Crippen molar-refractivity contribution in [3.05, 3.63) is 12.7 Å². The number of hydrogen-bond donors (Lipinski definition) is 3. The summed E-state index contributed by atoms with van der Waals surface area (Å²) in [6.45, 7) is -1.06. The summed E-state index contributed by atoms with van der Waals surface area (Å²) in [5.41, 5.74) is 0.502. The SMILES string of the molecule is CNc1ncnc2c1ncn2C1OC(COP(=O)([O-])OP(=O)([O-])OP(=O)([O-])[O-])C(O)C1O.[Li+].[Li+].[Li+].[Li+]. The van der Waals surface area contributed by atoms with Crippen LogP contribution in [0.15, 0.2) is 12.7 Å².